The molecule has 3 aliphatic rings. The lowest BCUT2D eigenvalue weighted by atomic mass is 9.79. The van der Waals surface area contributed by atoms with E-state index in [4.69, 9.17) is 0 Å². The molecule has 5 rings (SSSR count). The van der Waals surface area contributed by atoms with Crippen LogP contribution in [0.5, 0.6) is 0 Å². The van der Waals surface area contributed by atoms with Gasteiger partial charge in [0.05, 0.1) is 6.04 Å². The van der Waals surface area contributed by atoms with Crippen molar-refractivity contribution in [3.8, 4) is 0 Å². The maximum atomic E-state index is 12.9. The summed E-state index contributed by atoms with van der Waals surface area (Å²) >= 11 is 0. The van der Waals surface area contributed by atoms with E-state index in [1.807, 2.05) is 24.3 Å². The number of carbonyl (C=O) groups excluding carboxylic acids is 2. The van der Waals surface area contributed by atoms with Gasteiger partial charge >= 0.3 is 0 Å². The molecule has 0 radical (unpaired) electrons. The number of fused-ring (bicyclic) bond motifs is 1. The summed E-state index contributed by atoms with van der Waals surface area (Å²) in [6, 6.07) is 15.0. The molecule has 1 aliphatic carbocycles. The minimum Gasteiger partial charge on any atom is -0.378 e. The second kappa shape index (κ2) is 9.53. The van der Waals surface area contributed by atoms with E-state index in [-0.39, 0.29) is 29.8 Å². The summed E-state index contributed by atoms with van der Waals surface area (Å²) in [4.78, 5) is 29.4. The smallest absolute Gasteiger partial charge is 0.251 e. The number of nitrogens with one attached hydrogen (secondary N) is 3. The van der Waals surface area contributed by atoms with Gasteiger partial charge in [-0.1, -0.05) is 6.92 Å². The van der Waals surface area contributed by atoms with Crippen LogP contribution in [0.3, 0.4) is 0 Å². The first-order valence-electron chi connectivity index (χ1n) is 12.9. The fourth-order valence-electron chi connectivity index (χ4n) is 5.96. The van der Waals surface area contributed by atoms with Crippen LogP contribution < -0.4 is 25.8 Å². The van der Waals surface area contributed by atoms with E-state index in [2.05, 4.69) is 57.8 Å². The molecule has 3 N–H and O–H groups in total. The van der Waals surface area contributed by atoms with Gasteiger partial charge < -0.3 is 25.8 Å². The zero-order valence-corrected chi connectivity index (χ0v) is 21.2. The largest absolute Gasteiger partial charge is 0.378 e. The van der Waals surface area contributed by atoms with E-state index < -0.39 is 0 Å². The first kappa shape index (κ1) is 23.7. The fourth-order valence-corrected chi connectivity index (χ4v) is 5.96. The number of rotatable bonds is 5. The maximum absolute atomic E-state index is 12.9. The Bertz CT molecular complexity index is 1100. The number of benzene rings is 2. The minimum absolute atomic E-state index is 0.0670. The molecule has 0 bridgehead atoms. The van der Waals surface area contributed by atoms with Crippen molar-refractivity contribution < 1.29 is 9.59 Å². The van der Waals surface area contributed by atoms with Gasteiger partial charge in [0.2, 0.25) is 5.91 Å². The maximum Gasteiger partial charge on any atom is 0.251 e. The van der Waals surface area contributed by atoms with Gasteiger partial charge in [-0.25, -0.2) is 0 Å². The van der Waals surface area contributed by atoms with E-state index >= 15 is 0 Å². The Morgan fingerprint density at radius 1 is 1.06 bits per heavy atom. The number of anilines is 3. The van der Waals surface area contributed by atoms with Crippen LogP contribution in [0.4, 0.5) is 17.1 Å². The SMILES string of the molecule is CNC(=O)c1ccc(N[C@H]2c3cc(N4CCN[C@@H](C)C4)ccc3N(C(C)=O)[C@@H](C3CC3)[C@@H]2C)cc1. The van der Waals surface area contributed by atoms with Crippen molar-refractivity contribution >= 4 is 28.9 Å². The van der Waals surface area contributed by atoms with Gasteiger partial charge in [-0.05, 0) is 68.1 Å². The number of amides is 2. The Hall–Kier alpha value is -3.06. The standard InChI is InChI=1S/C28H37N5O2/c1-17-16-32(14-13-30-17)23-11-12-25-24(15-23)26(18(2)27(20-5-6-20)33(25)19(3)34)31-22-9-7-21(8-10-22)28(35)29-4/h7-12,15,17-18,20,26-27,30-31H,5-6,13-14,16H2,1-4H3,(H,29,35)/t17-,18+,26+,27+/m0/s1. The highest BCUT2D eigenvalue weighted by atomic mass is 16.2. The zero-order valence-electron chi connectivity index (χ0n) is 21.2. The molecular weight excluding hydrogens is 438 g/mol. The molecule has 2 heterocycles. The summed E-state index contributed by atoms with van der Waals surface area (Å²) in [6.45, 7) is 9.10. The van der Waals surface area contributed by atoms with Crippen molar-refractivity contribution in [2.75, 3.05) is 41.8 Å². The molecule has 2 aliphatic heterocycles. The first-order chi connectivity index (χ1) is 16.9. The molecule has 2 aromatic rings. The average Bonchev–Trinajstić information content (AvgIpc) is 3.70. The third kappa shape index (κ3) is 4.61. The summed E-state index contributed by atoms with van der Waals surface area (Å²) < 4.78 is 0. The van der Waals surface area contributed by atoms with Gasteiger partial charge in [-0.2, -0.15) is 0 Å². The highest BCUT2D eigenvalue weighted by molar-refractivity contribution is 5.95. The van der Waals surface area contributed by atoms with E-state index in [0.717, 1.165) is 31.0 Å². The van der Waals surface area contributed by atoms with Gasteiger partial charge in [-0.15, -0.1) is 0 Å². The Kier molecular flexibility index (Phi) is 6.45. The predicted molar refractivity (Wildman–Crippen MR) is 141 cm³/mol. The van der Waals surface area contributed by atoms with Crippen LogP contribution in [0, 0.1) is 11.8 Å². The Balaban J connectivity index is 1.53. The lowest BCUT2D eigenvalue weighted by molar-refractivity contribution is -0.117. The van der Waals surface area contributed by atoms with Crippen molar-refractivity contribution in [1.82, 2.24) is 10.6 Å². The molecule has 0 aromatic heterocycles. The van der Waals surface area contributed by atoms with Crippen LogP contribution in [-0.2, 0) is 4.79 Å². The fraction of sp³-hybridized carbons (Fsp3) is 0.500. The van der Waals surface area contributed by atoms with Crippen LogP contribution in [0.1, 0.15) is 55.6 Å². The van der Waals surface area contributed by atoms with Gasteiger partial charge in [0.1, 0.15) is 0 Å². The van der Waals surface area contributed by atoms with Crippen molar-refractivity contribution in [1.29, 1.82) is 0 Å². The number of piperazine rings is 1. The summed E-state index contributed by atoms with van der Waals surface area (Å²) in [5.41, 5.74) is 5.03. The number of hydrogen-bond acceptors (Lipinski definition) is 5. The molecule has 7 heteroatoms. The van der Waals surface area contributed by atoms with Gasteiger partial charge in [-0.3, -0.25) is 9.59 Å². The third-order valence-electron chi connectivity index (χ3n) is 7.84. The van der Waals surface area contributed by atoms with Crippen LogP contribution in [-0.4, -0.2) is 50.6 Å². The summed E-state index contributed by atoms with van der Waals surface area (Å²) in [6.07, 6.45) is 2.36. The van der Waals surface area contributed by atoms with Gasteiger partial charge in [0.25, 0.3) is 5.91 Å². The monoisotopic (exact) mass is 475 g/mol. The quantitative estimate of drug-likeness (QED) is 0.614. The summed E-state index contributed by atoms with van der Waals surface area (Å²) in [5, 5.41) is 9.98. The molecular formula is C28H37N5O2. The lowest BCUT2D eigenvalue weighted by Gasteiger charge is -2.46. The van der Waals surface area contributed by atoms with Crippen molar-refractivity contribution in [3.63, 3.8) is 0 Å². The van der Waals surface area contributed by atoms with Crippen LogP contribution >= 0.6 is 0 Å². The molecule has 2 fully saturated rings. The molecule has 35 heavy (non-hydrogen) atoms. The Morgan fingerprint density at radius 2 is 1.80 bits per heavy atom. The molecule has 7 nitrogen and oxygen atoms in total. The van der Waals surface area contributed by atoms with Crippen molar-refractivity contribution in [2.24, 2.45) is 11.8 Å². The molecule has 2 amide bonds. The lowest BCUT2D eigenvalue weighted by Crippen LogP contribution is -2.51. The second-order valence-corrected chi connectivity index (χ2v) is 10.4. The molecule has 0 spiro atoms. The Morgan fingerprint density at radius 3 is 2.43 bits per heavy atom. The highest BCUT2D eigenvalue weighted by Gasteiger charge is 2.47. The summed E-state index contributed by atoms with van der Waals surface area (Å²) in [7, 11) is 1.64. The molecule has 0 unspecified atom stereocenters. The first-order valence-corrected chi connectivity index (χ1v) is 12.9. The normalized spacial score (nSPS) is 26.2. The van der Waals surface area contributed by atoms with Gasteiger partial charge in [0.15, 0.2) is 0 Å². The Labute approximate surface area is 208 Å². The van der Waals surface area contributed by atoms with Crippen molar-refractivity contribution in [2.45, 2.75) is 51.7 Å². The van der Waals surface area contributed by atoms with E-state index in [1.165, 1.54) is 24.1 Å². The number of hydrogen-bond donors (Lipinski definition) is 3. The van der Waals surface area contributed by atoms with Crippen LogP contribution in [0.2, 0.25) is 0 Å². The second-order valence-electron chi connectivity index (χ2n) is 10.4. The molecule has 186 valence electrons. The third-order valence-corrected chi connectivity index (χ3v) is 7.84. The van der Waals surface area contributed by atoms with E-state index in [1.54, 1.807) is 14.0 Å². The molecule has 2 aromatic carbocycles. The van der Waals surface area contributed by atoms with Gasteiger partial charge in [0, 0.05) is 79.8 Å². The van der Waals surface area contributed by atoms with E-state index in [0.29, 0.717) is 17.5 Å². The summed E-state index contributed by atoms with van der Waals surface area (Å²) in [5.74, 6) is 0.825. The van der Waals surface area contributed by atoms with E-state index in [9.17, 15) is 9.59 Å². The molecule has 1 saturated heterocycles. The number of carbonyl (C=O) groups is 2. The molecule has 4 atom stereocenters. The minimum atomic E-state index is -0.0891. The average molecular weight is 476 g/mol. The van der Waals surface area contributed by atoms with Crippen molar-refractivity contribution in [3.05, 3.63) is 53.6 Å². The molecule has 1 saturated carbocycles. The highest BCUT2D eigenvalue weighted by Crippen LogP contribution is 2.50. The topological polar surface area (TPSA) is 76.7 Å². The zero-order chi connectivity index (χ0) is 24.7. The predicted octanol–water partition coefficient (Wildman–Crippen LogP) is 3.78. The van der Waals surface area contributed by atoms with Crippen LogP contribution in [0.25, 0.3) is 0 Å². The van der Waals surface area contributed by atoms with Crippen LogP contribution in [0.15, 0.2) is 42.5 Å². The number of nitrogens with zero attached hydrogens (tertiary/aromatic N) is 2.